The van der Waals surface area contributed by atoms with Crippen LogP contribution in [0.2, 0.25) is 5.02 Å². The van der Waals surface area contributed by atoms with Crippen molar-refractivity contribution in [1.29, 1.82) is 0 Å². The topological polar surface area (TPSA) is 70.8 Å². The minimum Gasteiger partial charge on any atom is -0.447 e. The number of hydrogen-bond acceptors (Lipinski definition) is 6. The van der Waals surface area contributed by atoms with Crippen molar-refractivity contribution in [3.05, 3.63) is 52.7 Å². The maximum atomic E-state index is 12.2. The first-order valence-electron chi connectivity index (χ1n) is 10.5. The number of hydrogen-bond donors (Lipinski definition) is 1. The summed E-state index contributed by atoms with van der Waals surface area (Å²) in [5.74, 6) is 0.718. The Kier molecular flexibility index (Phi) is 8.69. The largest absolute Gasteiger partial charge is 0.447 e. The van der Waals surface area contributed by atoms with E-state index in [0.29, 0.717) is 30.6 Å². The first kappa shape index (κ1) is 22.7. The lowest BCUT2D eigenvalue weighted by atomic mass is 10.2. The molecule has 2 heterocycles. The Hall–Kier alpha value is -1.93. The van der Waals surface area contributed by atoms with Crippen molar-refractivity contribution in [1.82, 2.24) is 20.1 Å². The molecule has 0 unspecified atom stereocenters. The fourth-order valence-electron chi connectivity index (χ4n) is 3.28. The molecular formula is C22H31ClN4O3. The zero-order chi connectivity index (χ0) is 21.3. The number of nitrogens with zero attached hydrogens (tertiary/aromatic N) is 3. The van der Waals surface area contributed by atoms with Gasteiger partial charge in [-0.1, -0.05) is 37.6 Å². The van der Waals surface area contributed by atoms with E-state index < -0.39 is 0 Å². The summed E-state index contributed by atoms with van der Waals surface area (Å²) >= 11 is 6.16. The fourth-order valence-corrected chi connectivity index (χ4v) is 3.49. The molecule has 1 amide bonds. The van der Waals surface area contributed by atoms with Crippen molar-refractivity contribution in [2.75, 3.05) is 45.9 Å². The first-order chi connectivity index (χ1) is 14.5. The number of ether oxygens (including phenoxy) is 1. The minimum absolute atomic E-state index is 0.201. The summed E-state index contributed by atoms with van der Waals surface area (Å²) in [6, 6.07) is 7.87. The van der Waals surface area contributed by atoms with Crippen molar-refractivity contribution >= 4 is 17.5 Å². The van der Waals surface area contributed by atoms with Gasteiger partial charge < -0.3 is 14.5 Å². The van der Waals surface area contributed by atoms with Gasteiger partial charge in [-0.3, -0.25) is 14.6 Å². The quantitative estimate of drug-likeness (QED) is 0.619. The number of nitrogens with one attached hydrogen (secondary N) is 1. The molecule has 1 aliphatic rings. The van der Waals surface area contributed by atoms with Gasteiger partial charge in [-0.05, 0) is 23.6 Å². The molecule has 30 heavy (non-hydrogen) atoms. The second kappa shape index (κ2) is 11.5. The van der Waals surface area contributed by atoms with Gasteiger partial charge in [-0.25, -0.2) is 4.98 Å². The molecule has 1 aromatic heterocycles. The second-order valence-corrected chi connectivity index (χ2v) is 8.46. The molecule has 0 bridgehead atoms. The molecule has 0 radical (unpaired) electrons. The van der Waals surface area contributed by atoms with E-state index in [1.807, 2.05) is 18.2 Å². The highest BCUT2D eigenvalue weighted by atomic mass is 35.5. The Morgan fingerprint density at radius 1 is 1.30 bits per heavy atom. The molecule has 0 saturated carbocycles. The monoisotopic (exact) mass is 434 g/mol. The number of carbonyl (C=O) groups excluding carboxylic acids is 1. The average Bonchev–Trinajstić information content (AvgIpc) is 3.19. The lowest BCUT2D eigenvalue weighted by Gasteiger charge is -2.29. The smallest absolute Gasteiger partial charge is 0.273 e. The van der Waals surface area contributed by atoms with Gasteiger partial charge in [0, 0.05) is 44.3 Å². The minimum atomic E-state index is -0.201. The van der Waals surface area contributed by atoms with E-state index in [0.717, 1.165) is 56.5 Å². The van der Waals surface area contributed by atoms with Gasteiger partial charge in [-0.2, -0.15) is 0 Å². The van der Waals surface area contributed by atoms with Crippen molar-refractivity contribution < 1.29 is 13.9 Å². The van der Waals surface area contributed by atoms with Crippen LogP contribution in [0.5, 0.6) is 0 Å². The lowest BCUT2D eigenvalue weighted by molar-refractivity contribution is 0.0320. The molecule has 164 valence electrons. The Bertz CT molecular complexity index is 805. The van der Waals surface area contributed by atoms with Gasteiger partial charge in [0.1, 0.15) is 6.26 Å². The van der Waals surface area contributed by atoms with Gasteiger partial charge >= 0.3 is 0 Å². The van der Waals surface area contributed by atoms with Crippen molar-refractivity contribution in [2.45, 2.75) is 26.9 Å². The number of oxazole rings is 1. The van der Waals surface area contributed by atoms with E-state index in [1.54, 1.807) is 0 Å². The van der Waals surface area contributed by atoms with E-state index >= 15 is 0 Å². The Morgan fingerprint density at radius 2 is 2.10 bits per heavy atom. The lowest BCUT2D eigenvalue weighted by Crippen LogP contribution is -2.41. The third kappa shape index (κ3) is 7.40. The first-order valence-corrected chi connectivity index (χ1v) is 10.9. The van der Waals surface area contributed by atoms with Crippen LogP contribution in [0, 0.1) is 5.92 Å². The van der Waals surface area contributed by atoms with Crippen LogP contribution in [-0.4, -0.2) is 66.6 Å². The second-order valence-electron chi connectivity index (χ2n) is 8.02. The summed E-state index contributed by atoms with van der Waals surface area (Å²) in [6.45, 7) is 11.2. The van der Waals surface area contributed by atoms with Gasteiger partial charge in [0.2, 0.25) is 5.89 Å². The van der Waals surface area contributed by atoms with Gasteiger partial charge in [0.15, 0.2) is 5.69 Å². The van der Waals surface area contributed by atoms with Crippen molar-refractivity contribution in [3.8, 4) is 0 Å². The van der Waals surface area contributed by atoms with Crippen LogP contribution in [0.4, 0.5) is 0 Å². The normalized spacial score (nSPS) is 15.1. The number of halogens is 1. The molecule has 1 aromatic carbocycles. The summed E-state index contributed by atoms with van der Waals surface area (Å²) in [5, 5.41) is 3.59. The van der Waals surface area contributed by atoms with Crippen LogP contribution in [0.3, 0.4) is 0 Å². The highest BCUT2D eigenvalue weighted by Gasteiger charge is 2.17. The third-order valence-electron chi connectivity index (χ3n) is 4.95. The maximum absolute atomic E-state index is 12.2. The summed E-state index contributed by atoms with van der Waals surface area (Å²) < 4.78 is 11.0. The van der Waals surface area contributed by atoms with Crippen LogP contribution in [0.25, 0.3) is 0 Å². The number of benzene rings is 1. The molecule has 2 aromatic rings. The van der Waals surface area contributed by atoms with Gasteiger partial charge in [0.05, 0.1) is 19.8 Å². The Morgan fingerprint density at radius 3 is 2.83 bits per heavy atom. The Balaban J connectivity index is 1.63. The molecule has 0 atom stereocenters. The van der Waals surface area contributed by atoms with E-state index in [9.17, 15) is 4.79 Å². The molecule has 0 spiro atoms. The summed E-state index contributed by atoms with van der Waals surface area (Å²) in [5.41, 5.74) is 1.45. The molecular weight excluding hydrogens is 404 g/mol. The third-order valence-corrected chi connectivity index (χ3v) is 5.18. The number of aromatic nitrogens is 1. The van der Waals surface area contributed by atoms with Gasteiger partial charge in [0.25, 0.3) is 5.91 Å². The van der Waals surface area contributed by atoms with E-state index in [4.69, 9.17) is 20.8 Å². The molecule has 0 aliphatic carbocycles. The predicted octanol–water partition coefficient (Wildman–Crippen LogP) is 3.05. The standard InChI is InChI=1S/C22H31ClN4O3/c1-17(2)13-24-22(28)20-16-30-21(25-20)15-27(7-6-26-8-10-29-11-9-26)14-18-4-3-5-19(23)12-18/h3-5,12,16-17H,6-11,13-15H2,1-2H3,(H,24,28). The van der Waals surface area contributed by atoms with Crippen LogP contribution < -0.4 is 5.32 Å². The molecule has 1 saturated heterocycles. The van der Waals surface area contributed by atoms with E-state index in [2.05, 4.69) is 40.0 Å². The molecule has 1 N–H and O–H groups in total. The summed E-state index contributed by atoms with van der Waals surface area (Å²) in [4.78, 5) is 21.3. The molecule has 3 rings (SSSR count). The highest BCUT2D eigenvalue weighted by Crippen LogP contribution is 2.15. The fraction of sp³-hybridized carbons (Fsp3) is 0.545. The summed E-state index contributed by atoms with van der Waals surface area (Å²) in [7, 11) is 0. The van der Waals surface area contributed by atoms with E-state index in [1.165, 1.54) is 6.26 Å². The molecule has 8 heteroatoms. The molecule has 1 aliphatic heterocycles. The maximum Gasteiger partial charge on any atom is 0.273 e. The van der Waals surface area contributed by atoms with Crippen molar-refractivity contribution in [3.63, 3.8) is 0 Å². The predicted molar refractivity (Wildman–Crippen MR) is 116 cm³/mol. The van der Waals surface area contributed by atoms with E-state index in [-0.39, 0.29) is 5.91 Å². The van der Waals surface area contributed by atoms with Crippen LogP contribution in [0.15, 0.2) is 34.9 Å². The van der Waals surface area contributed by atoms with Gasteiger partial charge in [-0.15, -0.1) is 0 Å². The van der Waals surface area contributed by atoms with Crippen LogP contribution >= 0.6 is 11.6 Å². The van der Waals surface area contributed by atoms with Crippen LogP contribution in [0.1, 0.15) is 35.8 Å². The van der Waals surface area contributed by atoms with Crippen LogP contribution in [-0.2, 0) is 17.8 Å². The molecule has 1 fully saturated rings. The van der Waals surface area contributed by atoms with Crippen molar-refractivity contribution in [2.24, 2.45) is 5.92 Å². The zero-order valence-corrected chi connectivity index (χ0v) is 18.5. The number of rotatable bonds is 10. The Labute approximate surface area is 183 Å². The highest BCUT2D eigenvalue weighted by molar-refractivity contribution is 6.30. The number of morpholine rings is 1. The SMILES string of the molecule is CC(C)CNC(=O)c1coc(CN(CCN2CCOCC2)Cc2cccc(Cl)c2)n1. The summed E-state index contributed by atoms with van der Waals surface area (Å²) in [6.07, 6.45) is 1.44. The number of amides is 1. The zero-order valence-electron chi connectivity index (χ0n) is 17.8. The number of carbonyl (C=O) groups is 1. The molecule has 7 nitrogen and oxygen atoms in total. The average molecular weight is 435 g/mol.